The highest BCUT2D eigenvalue weighted by Crippen LogP contribution is 2.43. The van der Waals surface area contributed by atoms with E-state index < -0.39 is 51.1 Å². The number of phosphoric ester groups is 1. The molecule has 4 N–H and O–H groups in total. The van der Waals surface area contributed by atoms with Crippen molar-refractivity contribution in [1.82, 2.24) is 0 Å². The number of hydrogen-bond donors (Lipinski definition) is 3. The Morgan fingerprint density at radius 2 is 0.828 bits per heavy atom. The lowest BCUT2D eigenvalue weighted by Gasteiger charge is -2.20. The second-order valence-electron chi connectivity index (χ2n) is 17.7. The number of allylic oxidation sites excluding steroid dienone is 6. The normalized spacial score (nSPS) is 13.8. The van der Waals surface area contributed by atoms with Gasteiger partial charge in [0.15, 0.2) is 6.10 Å². The van der Waals surface area contributed by atoms with E-state index in [-0.39, 0.29) is 19.4 Å². The monoisotopic (exact) mass is 926 g/mol. The first-order valence-corrected chi connectivity index (χ1v) is 27.5. The predicted molar refractivity (Wildman–Crippen MR) is 263 cm³/mol. The first-order chi connectivity index (χ1) is 31.1. The van der Waals surface area contributed by atoms with Crippen LogP contribution in [0.3, 0.4) is 0 Å². The zero-order valence-corrected chi connectivity index (χ0v) is 41.8. The molecule has 12 heteroatoms. The van der Waals surface area contributed by atoms with Gasteiger partial charge in [-0.1, -0.05) is 198 Å². The number of carboxylic acid groups (broad SMARTS) is 1. The smallest absolute Gasteiger partial charge is 0.472 e. The van der Waals surface area contributed by atoms with E-state index in [9.17, 15) is 23.8 Å². The number of ether oxygens (including phenoxy) is 2. The average molecular weight is 926 g/mol. The molecule has 0 rings (SSSR count). The molecule has 0 saturated heterocycles. The number of carboxylic acids is 1. The quantitative estimate of drug-likeness (QED) is 0.0229. The highest BCUT2D eigenvalue weighted by Gasteiger charge is 2.28. The molecule has 64 heavy (non-hydrogen) atoms. The number of hydrogen-bond acceptors (Lipinski definition) is 9. The second-order valence-corrected chi connectivity index (χ2v) is 19.1. The molecule has 0 aromatic carbocycles. The maximum absolute atomic E-state index is 12.7. The molecular formula is C52H96NO10P. The molecule has 0 saturated carbocycles. The summed E-state index contributed by atoms with van der Waals surface area (Å²) in [5.74, 6) is -2.37. The summed E-state index contributed by atoms with van der Waals surface area (Å²) in [6.07, 6.45) is 53.4. The summed E-state index contributed by atoms with van der Waals surface area (Å²) in [5, 5.41) is 8.92. The van der Waals surface area contributed by atoms with Gasteiger partial charge in [-0.05, 0) is 70.6 Å². The topological polar surface area (TPSA) is 172 Å². The van der Waals surface area contributed by atoms with Crippen molar-refractivity contribution in [3.8, 4) is 0 Å². The Bertz CT molecular complexity index is 1220. The Labute approximate surface area is 391 Å². The Balaban J connectivity index is 4.23. The molecule has 0 aromatic rings. The first-order valence-electron chi connectivity index (χ1n) is 26.0. The van der Waals surface area contributed by atoms with E-state index in [2.05, 4.69) is 54.8 Å². The third-order valence-electron chi connectivity index (χ3n) is 11.4. The van der Waals surface area contributed by atoms with Crippen molar-refractivity contribution in [2.75, 3.05) is 19.8 Å². The van der Waals surface area contributed by atoms with Gasteiger partial charge in [-0.15, -0.1) is 0 Å². The van der Waals surface area contributed by atoms with E-state index in [1.807, 2.05) is 0 Å². The van der Waals surface area contributed by atoms with Crippen LogP contribution in [0, 0.1) is 0 Å². The van der Waals surface area contributed by atoms with Crippen molar-refractivity contribution in [3.05, 3.63) is 36.5 Å². The summed E-state index contributed by atoms with van der Waals surface area (Å²) in [6.45, 7) is 2.81. The molecular weight excluding hydrogens is 830 g/mol. The van der Waals surface area contributed by atoms with Gasteiger partial charge in [-0.3, -0.25) is 23.4 Å². The van der Waals surface area contributed by atoms with Gasteiger partial charge < -0.3 is 25.2 Å². The van der Waals surface area contributed by atoms with Gasteiger partial charge in [0.05, 0.1) is 13.2 Å². The lowest BCUT2D eigenvalue weighted by atomic mass is 10.0. The third-order valence-corrected chi connectivity index (χ3v) is 12.3. The molecule has 0 aliphatic heterocycles. The highest BCUT2D eigenvalue weighted by atomic mass is 31.2. The van der Waals surface area contributed by atoms with E-state index in [0.717, 1.165) is 51.4 Å². The Kier molecular flexibility index (Phi) is 45.5. The molecule has 0 bridgehead atoms. The zero-order valence-electron chi connectivity index (χ0n) is 40.9. The van der Waals surface area contributed by atoms with Crippen LogP contribution in [-0.4, -0.2) is 59.9 Å². The lowest BCUT2D eigenvalue weighted by molar-refractivity contribution is -0.161. The number of carbonyl (C=O) groups excluding carboxylic acids is 2. The predicted octanol–water partition coefficient (Wildman–Crippen LogP) is 14.7. The van der Waals surface area contributed by atoms with Crippen molar-refractivity contribution in [3.63, 3.8) is 0 Å². The van der Waals surface area contributed by atoms with Crippen LogP contribution in [0.5, 0.6) is 0 Å². The standard InChI is InChI=1S/C52H96NO10P/c1-3-5-7-9-11-13-15-17-19-21-23-24-26-28-30-32-34-36-38-40-42-44-51(55)63-48(46-61-64(58,59)62-47-49(53)52(56)57)45-60-50(54)43-41-39-37-35-33-31-29-27-25-22-20-18-16-14-12-10-8-6-4-2/h12,14,17-20,48-49H,3-11,13,15-16,21-47,53H2,1-2H3,(H,56,57)(H,58,59)/b14-12-,19-17-,20-18-/t48-,49+/m1/s1. The molecule has 0 aliphatic carbocycles. The van der Waals surface area contributed by atoms with Crippen molar-refractivity contribution in [1.29, 1.82) is 0 Å². The molecule has 0 spiro atoms. The number of esters is 2. The lowest BCUT2D eigenvalue weighted by Crippen LogP contribution is -2.34. The highest BCUT2D eigenvalue weighted by molar-refractivity contribution is 7.47. The second kappa shape index (κ2) is 47.2. The molecule has 0 amide bonds. The van der Waals surface area contributed by atoms with Crippen LogP contribution in [0.1, 0.15) is 245 Å². The van der Waals surface area contributed by atoms with Gasteiger partial charge in [0, 0.05) is 12.8 Å². The van der Waals surface area contributed by atoms with Gasteiger partial charge in [0.25, 0.3) is 0 Å². The zero-order chi connectivity index (χ0) is 47.0. The molecule has 0 aromatic heterocycles. The van der Waals surface area contributed by atoms with Gasteiger partial charge in [0.1, 0.15) is 12.6 Å². The molecule has 3 atom stereocenters. The van der Waals surface area contributed by atoms with E-state index in [4.69, 9.17) is 24.8 Å². The Hall–Kier alpha value is -2.30. The summed E-state index contributed by atoms with van der Waals surface area (Å²) in [4.78, 5) is 46.2. The Morgan fingerprint density at radius 1 is 0.484 bits per heavy atom. The summed E-state index contributed by atoms with van der Waals surface area (Å²) < 4.78 is 32.9. The summed E-state index contributed by atoms with van der Waals surface area (Å²) in [6, 6.07) is -1.52. The largest absolute Gasteiger partial charge is 0.480 e. The van der Waals surface area contributed by atoms with Crippen molar-refractivity contribution >= 4 is 25.7 Å². The van der Waals surface area contributed by atoms with Crippen molar-refractivity contribution in [2.45, 2.75) is 257 Å². The minimum absolute atomic E-state index is 0.161. The average Bonchev–Trinajstić information content (AvgIpc) is 3.27. The fraction of sp³-hybridized carbons (Fsp3) is 0.827. The molecule has 0 heterocycles. The molecule has 1 unspecified atom stereocenters. The number of phosphoric acid groups is 1. The molecule has 11 nitrogen and oxygen atoms in total. The van der Waals surface area contributed by atoms with Crippen LogP contribution in [0.2, 0.25) is 0 Å². The van der Waals surface area contributed by atoms with Crippen LogP contribution >= 0.6 is 7.82 Å². The SMILES string of the molecule is CCCCC/C=C\C/C=C\CCCCCCCCCCCC(=O)OC[C@H](COP(=O)(O)OC[C@H](N)C(=O)O)OC(=O)CCCCCCCCCCCCC/C=C\CCCCCCCC. The number of unbranched alkanes of at least 4 members (excludes halogenated alkanes) is 29. The first kappa shape index (κ1) is 61.7. The Morgan fingerprint density at radius 3 is 1.27 bits per heavy atom. The van der Waals surface area contributed by atoms with Gasteiger partial charge in [-0.25, -0.2) is 4.57 Å². The number of carbonyl (C=O) groups is 3. The van der Waals surface area contributed by atoms with Gasteiger partial charge >= 0.3 is 25.7 Å². The van der Waals surface area contributed by atoms with E-state index in [1.165, 1.54) is 154 Å². The van der Waals surface area contributed by atoms with Crippen molar-refractivity contribution < 1.29 is 47.5 Å². The minimum atomic E-state index is -4.72. The fourth-order valence-corrected chi connectivity index (χ4v) is 8.05. The van der Waals surface area contributed by atoms with E-state index in [0.29, 0.717) is 12.8 Å². The number of nitrogens with two attached hydrogens (primary N) is 1. The van der Waals surface area contributed by atoms with E-state index >= 15 is 0 Å². The van der Waals surface area contributed by atoms with Crippen LogP contribution in [0.4, 0.5) is 0 Å². The van der Waals surface area contributed by atoms with Gasteiger partial charge in [-0.2, -0.15) is 0 Å². The maximum Gasteiger partial charge on any atom is 0.472 e. The molecule has 0 aliphatic rings. The van der Waals surface area contributed by atoms with Crippen LogP contribution in [0.25, 0.3) is 0 Å². The summed E-state index contributed by atoms with van der Waals surface area (Å²) >= 11 is 0. The molecule has 0 radical (unpaired) electrons. The van der Waals surface area contributed by atoms with Crippen LogP contribution in [0.15, 0.2) is 36.5 Å². The fourth-order valence-electron chi connectivity index (χ4n) is 7.27. The number of aliphatic carboxylic acids is 1. The summed E-state index contributed by atoms with van der Waals surface area (Å²) in [5.41, 5.74) is 5.35. The third kappa shape index (κ3) is 46.2. The van der Waals surface area contributed by atoms with E-state index in [1.54, 1.807) is 0 Å². The molecule has 374 valence electrons. The van der Waals surface area contributed by atoms with Crippen LogP contribution in [-0.2, 0) is 37.5 Å². The maximum atomic E-state index is 12.7. The summed E-state index contributed by atoms with van der Waals surface area (Å²) in [7, 11) is -4.72. The molecule has 0 fully saturated rings. The number of rotatable bonds is 49. The van der Waals surface area contributed by atoms with Crippen LogP contribution < -0.4 is 5.73 Å². The minimum Gasteiger partial charge on any atom is -0.480 e. The van der Waals surface area contributed by atoms with Gasteiger partial charge in [0.2, 0.25) is 0 Å². The van der Waals surface area contributed by atoms with Crippen molar-refractivity contribution in [2.24, 2.45) is 5.73 Å².